The monoisotopic (exact) mass is 351 g/mol. The normalized spacial score (nSPS) is 23.2. The van der Waals surface area contributed by atoms with Gasteiger partial charge in [0.2, 0.25) is 11.8 Å². The molecule has 0 aromatic heterocycles. The fourth-order valence-corrected chi connectivity index (χ4v) is 4.16. The van der Waals surface area contributed by atoms with Gasteiger partial charge in [0.1, 0.15) is 0 Å². The lowest BCUT2D eigenvalue weighted by molar-refractivity contribution is -0.134. The first-order chi connectivity index (χ1) is 12.2. The van der Waals surface area contributed by atoms with Crippen molar-refractivity contribution < 1.29 is 14.3 Å². The van der Waals surface area contributed by atoms with Crippen molar-refractivity contribution in [1.29, 1.82) is 0 Å². The molecule has 0 aliphatic carbocycles. The van der Waals surface area contributed by atoms with Gasteiger partial charge in [0.15, 0.2) is 0 Å². The van der Waals surface area contributed by atoms with E-state index in [9.17, 15) is 9.59 Å². The van der Waals surface area contributed by atoms with Gasteiger partial charge in [-0.25, -0.2) is 0 Å². The Hall–Kier alpha value is -1.14. The van der Waals surface area contributed by atoms with Crippen LogP contribution in [0.1, 0.15) is 44.9 Å². The van der Waals surface area contributed by atoms with Crippen LogP contribution in [0, 0.1) is 5.92 Å². The van der Waals surface area contributed by atoms with Crippen LogP contribution in [0.4, 0.5) is 0 Å². The molecule has 0 bridgehead atoms. The van der Waals surface area contributed by atoms with Crippen molar-refractivity contribution in [3.63, 3.8) is 0 Å². The molecule has 3 rings (SSSR count). The quantitative estimate of drug-likeness (QED) is 0.725. The average Bonchev–Trinajstić information content (AvgIpc) is 3.20. The molecule has 2 amide bonds. The summed E-state index contributed by atoms with van der Waals surface area (Å²) in [5.74, 6) is 1.23. The molecule has 0 spiro atoms. The van der Waals surface area contributed by atoms with E-state index in [4.69, 9.17) is 4.74 Å². The van der Waals surface area contributed by atoms with E-state index >= 15 is 0 Å². The lowest BCUT2D eigenvalue weighted by Gasteiger charge is -2.33. The van der Waals surface area contributed by atoms with Gasteiger partial charge in [-0.05, 0) is 38.0 Å². The van der Waals surface area contributed by atoms with Crippen LogP contribution in [-0.4, -0.2) is 85.5 Å². The molecule has 3 saturated heterocycles. The van der Waals surface area contributed by atoms with Gasteiger partial charge in [-0.2, -0.15) is 0 Å². The number of likely N-dealkylation sites (tertiary alicyclic amines) is 2. The first kappa shape index (κ1) is 18.6. The predicted octanol–water partition coefficient (Wildman–Crippen LogP) is 1.35. The molecule has 0 N–H and O–H groups in total. The van der Waals surface area contributed by atoms with Gasteiger partial charge in [-0.3, -0.25) is 14.5 Å². The fraction of sp³-hybridized carbons (Fsp3) is 0.895. The summed E-state index contributed by atoms with van der Waals surface area (Å²) in [6.45, 7) is 7.96. The summed E-state index contributed by atoms with van der Waals surface area (Å²) in [5, 5.41) is 0. The van der Waals surface area contributed by atoms with E-state index in [1.54, 1.807) is 0 Å². The van der Waals surface area contributed by atoms with Crippen LogP contribution in [0.2, 0.25) is 0 Å². The second-order valence-electron chi connectivity index (χ2n) is 7.65. The highest BCUT2D eigenvalue weighted by Crippen LogP contribution is 2.23. The van der Waals surface area contributed by atoms with Crippen molar-refractivity contribution in [3.05, 3.63) is 0 Å². The summed E-state index contributed by atoms with van der Waals surface area (Å²) in [7, 11) is 0. The SMILES string of the molecule is O=C(CCC1CCN(C(=O)CCN2CCOCC2)CC1)N1CCCC1. The lowest BCUT2D eigenvalue weighted by atomic mass is 9.92. The zero-order valence-corrected chi connectivity index (χ0v) is 15.5. The Morgan fingerprint density at radius 3 is 2.08 bits per heavy atom. The average molecular weight is 351 g/mol. The van der Waals surface area contributed by atoms with Gasteiger partial charge in [-0.1, -0.05) is 0 Å². The van der Waals surface area contributed by atoms with E-state index in [2.05, 4.69) is 4.90 Å². The highest BCUT2D eigenvalue weighted by Gasteiger charge is 2.25. The number of carbonyl (C=O) groups is 2. The van der Waals surface area contributed by atoms with E-state index in [-0.39, 0.29) is 5.91 Å². The lowest BCUT2D eigenvalue weighted by Crippen LogP contribution is -2.42. The first-order valence-electron chi connectivity index (χ1n) is 10.1. The molecule has 25 heavy (non-hydrogen) atoms. The largest absolute Gasteiger partial charge is 0.379 e. The van der Waals surface area contributed by atoms with Crippen molar-refractivity contribution in [2.24, 2.45) is 5.92 Å². The molecule has 142 valence electrons. The highest BCUT2D eigenvalue weighted by atomic mass is 16.5. The van der Waals surface area contributed by atoms with Crippen molar-refractivity contribution in [2.75, 3.05) is 59.0 Å². The Balaban J connectivity index is 1.29. The summed E-state index contributed by atoms with van der Waals surface area (Å²) in [6, 6.07) is 0. The Bertz CT molecular complexity index is 437. The summed E-state index contributed by atoms with van der Waals surface area (Å²) >= 11 is 0. The number of nitrogens with zero attached hydrogens (tertiary/aromatic N) is 3. The number of rotatable bonds is 6. The van der Waals surface area contributed by atoms with Crippen LogP contribution in [0.5, 0.6) is 0 Å². The van der Waals surface area contributed by atoms with Crippen LogP contribution >= 0.6 is 0 Å². The molecule has 3 heterocycles. The number of hydrogen-bond acceptors (Lipinski definition) is 4. The van der Waals surface area contributed by atoms with E-state index < -0.39 is 0 Å². The van der Waals surface area contributed by atoms with Gasteiger partial charge in [0, 0.05) is 58.7 Å². The second-order valence-corrected chi connectivity index (χ2v) is 7.65. The van der Waals surface area contributed by atoms with Crippen molar-refractivity contribution in [3.8, 4) is 0 Å². The molecule has 3 aliphatic rings. The number of carbonyl (C=O) groups excluding carboxylic acids is 2. The standard InChI is InChI=1S/C19H33N3O3/c23-18(21-8-1-2-9-21)4-3-17-5-11-22(12-6-17)19(24)7-10-20-13-15-25-16-14-20/h17H,1-16H2. The smallest absolute Gasteiger partial charge is 0.223 e. The molecule has 0 aromatic carbocycles. The van der Waals surface area contributed by atoms with Gasteiger partial charge in [0.05, 0.1) is 13.2 Å². The third-order valence-corrected chi connectivity index (χ3v) is 5.94. The minimum atomic E-state index is 0.290. The maximum absolute atomic E-state index is 12.4. The Labute approximate surface area is 151 Å². The molecule has 0 aromatic rings. The van der Waals surface area contributed by atoms with E-state index in [1.165, 1.54) is 0 Å². The van der Waals surface area contributed by atoms with Gasteiger partial charge in [0.25, 0.3) is 0 Å². The molecule has 6 nitrogen and oxygen atoms in total. The Morgan fingerprint density at radius 1 is 0.800 bits per heavy atom. The van der Waals surface area contributed by atoms with Gasteiger partial charge in [-0.15, -0.1) is 0 Å². The molecule has 6 heteroatoms. The van der Waals surface area contributed by atoms with Crippen LogP contribution < -0.4 is 0 Å². The molecule has 0 saturated carbocycles. The summed E-state index contributed by atoms with van der Waals surface area (Å²) in [4.78, 5) is 30.9. The summed E-state index contributed by atoms with van der Waals surface area (Å²) in [6.07, 6.45) is 6.74. The fourth-order valence-electron chi connectivity index (χ4n) is 4.16. The molecule has 0 atom stereocenters. The van der Waals surface area contributed by atoms with Crippen molar-refractivity contribution >= 4 is 11.8 Å². The van der Waals surface area contributed by atoms with Crippen LogP contribution in [0.25, 0.3) is 0 Å². The predicted molar refractivity (Wildman–Crippen MR) is 96.2 cm³/mol. The summed E-state index contributed by atoms with van der Waals surface area (Å²) < 4.78 is 5.34. The minimum absolute atomic E-state index is 0.290. The minimum Gasteiger partial charge on any atom is -0.379 e. The number of amides is 2. The topological polar surface area (TPSA) is 53.1 Å². The zero-order chi connectivity index (χ0) is 17.5. The molecule has 3 aliphatic heterocycles. The van der Waals surface area contributed by atoms with Gasteiger partial charge < -0.3 is 14.5 Å². The maximum Gasteiger partial charge on any atom is 0.223 e. The molecule has 0 radical (unpaired) electrons. The van der Waals surface area contributed by atoms with Gasteiger partial charge >= 0.3 is 0 Å². The third kappa shape index (κ3) is 5.68. The number of ether oxygens (including phenoxy) is 1. The molecular weight excluding hydrogens is 318 g/mol. The Kier molecular flexibility index (Phi) is 7.11. The van der Waals surface area contributed by atoms with Crippen LogP contribution in [0.3, 0.4) is 0 Å². The van der Waals surface area contributed by atoms with Crippen molar-refractivity contribution in [1.82, 2.24) is 14.7 Å². The van der Waals surface area contributed by atoms with Crippen molar-refractivity contribution in [2.45, 2.75) is 44.9 Å². The number of piperidine rings is 1. The van der Waals surface area contributed by atoms with E-state index in [0.717, 1.165) is 91.1 Å². The highest BCUT2D eigenvalue weighted by molar-refractivity contribution is 5.77. The molecule has 0 unspecified atom stereocenters. The summed E-state index contributed by atoms with van der Waals surface area (Å²) in [5.41, 5.74) is 0. The second kappa shape index (κ2) is 9.53. The Morgan fingerprint density at radius 2 is 1.40 bits per heavy atom. The van der Waals surface area contributed by atoms with E-state index in [1.807, 2.05) is 9.80 Å². The van der Waals surface area contributed by atoms with Crippen LogP contribution in [0.15, 0.2) is 0 Å². The number of morpholine rings is 1. The van der Waals surface area contributed by atoms with E-state index in [0.29, 0.717) is 24.7 Å². The molecule has 3 fully saturated rings. The zero-order valence-electron chi connectivity index (χ0n) is 15.5. The first-order valence-corrected chi connectivity index (χ1v) is 10.1. The molecular formula is C19H33N3O3. The number of hydrogen-bond donors (Lipinski definition) is 0. The maximum atomic E-state index is 12.4. The third-order valence-electron chi connectivity index (χ3n) is 5.94. The van der Waals surface area contributed by atoms with Crippen LogP contribution in [-0.2, 0) is 14.3 Å².